The fourth-order valence-electron chi connectivity index (χ4n) is 2.90. The quantitative estimate of drug-likeness (QED) is 0.633. The first-order valence-corrected chi connectivity index (χ1v) is 10.2. The second-order valence-electron chi connectivity index (χ2n) is 6.46. The number of carbonyl (C=O) groups excluding carboxylic acids is 2. The van der Waals surface area contributed by atoms with Gasteiger partial charge in [-0.05, 0) is 55.4 Å². The van der Waals surface area contributed by atoms with Crippen molar-refractivity contribution in [3.05, 3.63) is 51.2 Å². The monoisotopic (exact) mass is 374 g/mol. The third-order valence-electron chi connectivity index (χ3n) is 4.32. The molecule has 1 atom stereocenters. The summed E-state index contributed by atoms with van der Waals surface area (Å²) in [6, 6.07) is 9.90. The molecule has 0 bridgehead atoms. The van der Waals surface area contributed by atoms with Crippen LogP contribution in [-0.4, -0.2) is 17.6 Å². The molecule has 1 aliphatic carbocycles. The molecule has 0 aliphatic heterocycles. The Bertz CT molecular complexity index is 785. The summed E-state index contributed by atoms with van der Waals surface area (Å²) in [6.07, 6.45) is 3.27. The summed E-state index contributed by atoms with van der Waals surface area (Å²) in [6.45, 7) is 4.26. The molecule has 0 saturated heterocycles. The van der Waals surface area contributed by atoms with Crippen molar-refractivity contribution < 1.29 is 9.59 Å². The van der Waals surface area contributed by atoms with E-state index in [4.69, 9.17) is 0 Å². The first kappa shape index (κ1) is 18.0. The van der Waals surface area contributed by atoms with Crippen molar-refractivity contribution in [3.63, 3.8) is 0 Å². The molecule has 2 amide bonds. The van der Waals surface area contributed by atoms with Crippen LogP contribution in [0.15, 0.2) is 35.2 Å². The Morgan fingerprint density at radius 1 is 1.28 bits per heavy atom. The van der Waals surface area contributed by atoms with E-state index in [0.717, 1.165) is 23.3 Å². The number of benzene rings is 1. The van der Waals surface area contributed by atoms with Crippen LogP contribution in [0.4, 0.5) is 0 Å². The Labute approximate surface area is 156 Å². The zero-order chi connectivity index (χ0) is 17.8. The van der Waals surface area contributed by atoms with E-state index >= 15 is 0 Å². The lowest BCUT2D eigenvalue weighted by molar-refractivity contribution is -0.119. The number of amides is 2. The molecule has 0 fully saturated rings. The van der Waals surface area contributed by atoms with Crippen LogP contribution in [0, 0.1) is 12.8 Å². The summed E-state index contributed by atoms with van der Waals surface area (Å²) < 4.78 is 0. The Morgan fingerprint density at radius 2 is 2.08 bits per heavy atom. The van der Waals surface area contributed by atoms with Gasteiger partial charge in [-0.3, -0.25) is 20.4 Å². The number of aryl methyl sites for hydroxylation is 2. The summed E-state index contributed by atoms with van der Waals surface area (Å²) in [4.78, 5) is 27.3. The van der Waals surface area contributed by atoms with Gasteiger partial charge in [0.15, 0.2) is 0 Å². The fraction of sp³-hybridized carbons (Fsp3) is 0.368. The van der Waals surface area contributed by atoms with Gasteiger partial charge in [-0.25, -0.2) is 0 Å². The molecule has 1 unspecified atom stereocenters. The van der Waals surface area contributed by atoms with E-state index in [9.17, 15) is 9.59 Å². The molecule has 25 heavy (non-hydrogen) atoms. The lowest BCUT2D eigenvalue weighted by atomic mass is 9.90. The van der Waals surface area contributed by atoms with Crippen molar-refractivity contribution in [2.45, 2.75) is 38.0 Å². The zero-order valence-corrected chi connectivity index (χ0v) is 16.1. The molecule has 4 nitrogen and oxygen atoms in total. The highest BCUT2D eigenvalue weighted by atomic mass is 32.2. The average Bonchev–Trinajstić information content (AvgIpc) is 3.02. The van der Waals surface area contributed by atoms with Gasteiger partial charge in [-0.2, -0.15) is 0 Å². The number of hydrazine groups is 1. The molecule has 0 saturated carbocycles. The maximum Gasteiger partial charge on any atom is 0.279 e. The van der Waals surface area contributed by atoms with Crippen molar-refractivity contribution >= 4 is 34.9 Å². The van der Waals surface area contributed by atoms with Crippen LogP contribution in [0.25, 0.3) is 0 Å². The SMILES string of the molecule is Cc1ccccc1SCC(=O)NNC(=O)c1cc2c(s1)CCC(C)C2. The van der Waals surface area contributed by atoms with Gasteiger partial charge in [-0.1, -0.05) is 25.1 Å². The van der Waals surface area contributed by atoms with Crippen LogP contribution in [0.3, 0.4) is 0 Å². The summed E-state index contributed by atoms with van der Waals surface area (Å²) in [7, 11) is 0. The van der Waals surface area contributed by atoms with Crippen LogP contribution in [0.1, 0.15) is 39.0 Å². The smallest absolute Gasteiger partial charge is 0.272 e. The predicted octanol–water partition coefficient (Wildman–Crippen LogP) is 3.73. The molecule has 0 radical (unpaired) electrons. The lowest BCUT2D eigenvalue weighted by Gasteiger charge is -2.16. The highest BCUT2D eigenvalue weighted by Crippen LogP contribution is 2.32. The van der Waals surface area contributed by atoms with Gasteiger partial charge in [0.25, 0.3) is 5.91 Å². The minimum Gasteiger partial charge on any atom is -0.272 e. The summed E-state index contributed by atoms with van der Waals surface area (Å²) in [5, 5.41) is 0. The van der Waals surface area contributed by atoms with E-state index in [0.29, 0.717) is 10.8 Å². The number of hydrogen-bond acceptors (Lipinski definition) is 4. The molecule has 2 aromatic rings. The molecule has 1 heterocycles. The van der Waals surface area contributed by atoms with Crippen LogP contribution >= 0.6 is 23.1 Å². The second-order valence-corrected chi connectivity index (χ2v) is 8.62. The summed E-state index contributed by atoms with van der Waals surface area (Å²) in [5.74, 6) is 0.498. The molecular weight excluding hydrogens is 352 g/mol. The van der Waals surface area contributed by atoms with E-state index < -0.39 is 0 Å². The summed E-state index contributed by atoms with van der Waals surface area (Å²) in [5.41, 5.74) is 7.46. The summed E-state index contributed by atoms with van der Waals surface area (Å²) >= 11 is 3.00. The minimum absolute atomic E-state index is 0.212. The number of rotatable bonds is 4. The van der Waals surface area contributed by atoms with Gasteiger partial charge in [0.2, 0.25) is 5.91 Å². The van der Waals surface area contributed by atoms with E-state index in [-0.39, 0.29) is 17.6 Å². The van der Waals surface area contributed by atoms with Gasteiger partial charge < -0.3 is 0 Å². The van der Waals surface area contributed by atoms with Gasteiger partial charge in [-0.15, -0.1) is 23.1 Å². The standard InChI is InChI=1S/C19H22N2O2S2/c1-12-7-8-16-14(9-12)10-17(25-16)19(23)21-20-18(22)11-24-15-6-4-3-5-13(15)2/h3-6,10,12H,7-9,11H2,1-2H3,(H,20,22)(H,21,23). The molecular formula is C19H22N2O2S2. The van der Waals surface area contributed by atoms with Crippen molar-refractivity contribution in [3.8, 4) is 0 Å². The largest absolute Gasteiger partial charge is 0.279 e. The Balaban J connectivity index is 1.49. The van der Waals surface area contributed by atoms with Gasteiger partial charge in [0.05, 0.1) is 10.6 Å². The predicted molar refractivity (Wildman–Crippen MR) is 103 cm³/mol. The zero-order valence-electron chi connectivity index (χ0n) is 14.4. The average molecular weight is 375 g/mol. The third kappa shape index (κ3) is 4.64. The van der Waals surface area contributed by atoms with Crippen LogP contribution in [0.2, 0.25) is 0 Å². The molecule has 1 aromatic carbocycles. The highest BCUT2D eigenvalue weighted by molar-refractivity contribution is 8.00. The second kappa shape index (κ2) is 8.06. The minimum atomic E-state index is -0.235. The molecule has 132 valence electrons. The Hall–Kier alpha value is -1.79. The van der Waals surface area contributed by atoms with Crippen LogP contribution in [0.5, 0.6) is 0 Å². The number of carbonyl (C=O) groups is 2. The molecule has 3 rings (SSSR count). The number of nitrogens with one attached hydrogen (secondary N) is 2. The third-order valence-corrected chi connectivity index (χ3v) is 6.73. The first-order valence-electron chi connectivity index (χ1n) is 8.42. The number of thiophene rings is 1. The van der Waals surface area contributed by atoms with Gasteiger partial charge in [0.1, 0.15) is 0 Å². The fourth-order valence-corrected chi connectivity index (χ4v) is 4.84. The molecule has 0 spiro atoms. The number of thioether (sulfide) groups is 1. The van der Waals surface area contributed by atoms with E-state index in [1.54, 1.807) is 11.3 Å². The van der Waals surface area contributed by atoms with E-state index in [2.05, 4.69) is 17.8 Å². The number of fused-ring (bicyclic) bond motifs is 1. The van der Waals surface area contributed by atoms with Crippen molar-refractivity contribution in [2.75, 3.05) is 5.75 Å². The van der Waals surface area contributed by atoms with Gasteiger partial charge >= 0.3 is 0 Å². The molecule has 1 aliphatic rings. The van der Waals surface area contributed by atoms with E-state index in [1.165, 1.54) is 28.6 Å². The molecule has 6 heteroatoms. The Morgan fingerprint density at radius 3 is 2.88 bits per heavy atom. The maximum absolute atomic E-state index is 12.3. The number of hydrogen-bond donors (Lipinski definition) is 2. The van der Waals surface area contributed by atoms with Crippen molar-refractivity contribution in [2.24, 2.45) is 5.92 Å². The normalized spacial score (nSPS) is 16.2. The topological polar surface area (TPSA) is 58.2 Å². The van der Waals surface area contributed by atoms with Crippen LogP contribution < -0.4 is 10.9 Å². The molecule has 1 aromatic heterocycles. The van der Waals surface area contributed by atoms with Crippen molar-refractivity contribution in [1.82, 2.24) is 10.9 Å². The van der Waals surface area contributed by atoms with Gasteiger partial charge in [0, 0.05) is 9.77 Å². The first-order chi connectivity index (χ1) is 12.0. The Kier molecular flexibility index (Phi) is 5.81. The molecule has 2 N–H and O–H groups in total. The lowest BCUT2D eigenvalue weighted by Crippen LogP contribution is -2.42. The highest BCUT2D eigenvalue weighted by Gasteiger charge is 2.20. The van der Waals surface area contributed by atoms with Crippen LogP contribution in [-0.2, 0) is 17.6 Å². The van der Waals surface area contributed by atoms with Crippen molar-refractivity contribution in [1.29, 1.82) is 0 Å². The van der Waals surface area contributed by atoms with E-state index in [1.807, 2.05) is 37.3 Å². The maximum atomic E-state index is 12.3.